The second kappa shape index (κ2) is 9.64. The van der Waals surface area contributed by atoms with Gasteiger partial charge in [0.2, 0.25) is 0 Å². The van der Waals surface area contributed by atoms with Gasteiger partial charge in [0.15, 0.2) is 0 Å². The minimum atomic E-state index is -2.76. The number of nitrogens with zero attached hydrogens (tertiary/aromatic N) is 1. The van der Waals surface area contributed by atoms with Gasteiger partial charge >= 0.3 is 105 Å². The van der Waals surface area contributed by atoms with E-state index < -0.39 is 6.29 Å². The van der Waals surface area contributed by atoms with Gasteiger partial charge in [-0.05, 0) is 0 Å². The molecule has 0 unspecified atom stereocenters. The number of hydrogen-bond acceptors (Lipinski definition) is 4. The molecule has 4 nitrogen and oxygen atoms in total. The third-order valence-corrected chi connectivity index (χ3v) is 8.62. The molecular weight excluding hydrogens is 292 g/mol. The monoisotopic (exact) mass is 317 g/mol. The van der Waals surface area contributed by atoms with Crippen molar-refractivity contribution < 1.29 is 13.6 Å². The van der Waals surface area contributed by atoms with E-state index in [9.17, 15) is 4.57 Å². The van der Waals surface area contributed by atoms with Gasteiger partial charge in [-0.3, -0.25) is 0 Å². The van der Waals surface area contributed by atoms with Crippen LogP contribution < -0.4 is 0 Å². The normalized spacial score (nSPS) is 12.3. The van der Waals surface area contributed by atoms with E-state index in [4.69, 9.17) is 9.05 Å². The summed E-state index contributed by atoms with van der Waals surface area (Å²) in [5, 5.41) is 0.923. The zero-order valence-electron chi connectivity index (χ0n) is 10.8. The molecule has 0 fully saturated rings. The summed E-state index contributed by atoms with van der Waals surface area (Å²) in [6, 6.07) is 0. The SMILES string of the molecule is CCOP(=O)(OCC)[Se]CCN(CC)CC. The second-order valence-electron chi connectivity index (χ2n) is 3.14. The Morgan fingerprint density at radius 1 is 1.06 bits per heavy atom. The Bertz CT molecular complexity index is 202. The summed E-state index contributed by atoms with van der Waals surface area (Å²) in [5.41, 5.74) is 0. The summed E-state index contributed by atoms with van der Waals surface area (Å²) in [6.45, 7) is 12.0. The van der Waals surface area contributed by atoms with Crippen LogP contribution >= 0.6 is 6.29 Å². The molecule has 0 N–H and O–H groups in total. The molecule has 0 aromatic carbocycles. The molecule has 0 heterocycles. The van der Waals surface area contributed by atoms with Crippen molar-refractivity contribution in [2.75, 3.05) is 32.8 Å². The van der Waals surface area contributed by atoms with Gasteiger partial charge in [0, 0.05) is 0 Å². The Hall–Kier alpha value is 0.629. The summed E-state index contributed by atoms with van der Waals surface area (Å²) in [4.78, 5) is 2.32. The van der Waals surface area contributed by atoms with E-state index in [2.05, 4.69) is 18.7 Å². The molecule has 0 aliphatic carbocycles. The van der Waals surface area contributed by atoms with E-state index in [1.165, 1.54) is 0 Å². The Labute approximate surface area is 105 Å². The van der Waals surface area contributed by atoms with Crippen molar-refractivity contribution >= 4 is 20.8 Å². The number of rotatable bonds is 10. The van der Waals surface area contributed by atoms with Gasteiger partial charge in [-0.25, -0.2) is 0 Å². The van der Waals surface area contributed by atoms with Gasteiger partial charge in [0.05, 0.1) is 0 Å². The molecule has 0 saturated carbocycles. The zero-order valence-corrected chi connectivity index (χ0v) is 13.4. The first kappa shape index (κ1) is 16.6. The standard InChI is InChI=1S/C10H24NO3PSe/c1-5-11(6-2)9-10-16-15(12,13-7-3)14-8-4/h5-10H2,1-4H3. The van der Waals surface area contributed by atoms with Gasteiger partial charge in [-0.15, -0.1) is 0 Å². The van der Waals surface area contributed by atoms with Crippen molar-refractivity contribution in [2.45, 2.75) is 33.0 Å². The van der Waals surface area contributed by atoms with Gasteiger partial charge < -0.3 is 0 Å². The second-order valence-corrected chi connectivity index (χ2v) is 10.1. The quantitative estimate of drug-likeness (QED) is 0.459. The molecule has 0 aromatic heterocycles. The third-order valence-electron chi connectivity index (χ3n) is 2.13. The Kier molecular flexibility index (Phi) is 10.0. The average Bonchev–Trinajstić information content (AvgIpc) is 2.25. The Morgan fingerprint density at radius 3 is 1.94 bits per heavy atom. The fourth-order valence-corrected chi connectivity index (χ4v) is 7.14. The van der Waals surface area contributed by atoms with Crippen molar-refractivity contribution in [3.63, 3.8) is 0 Å². The Balaban J connectivity index is 3.97. The molecule has 16 heavy (non-hydrogen) atoms. The van der Waals surface area contributed by atoms with E-state index in [0.717, 1.165) is 25.0 Å². The van der Waals surface area contributed by atoms with Crippen LogP contribution in [0.25, 0.3) is 0 Å². The average molecular weight is 316 g/mol. The van der Waals surface area contributed by atoms with Crippen LogP contribution in [0.5, 0.6) is 0 Å². The first-order valence-electron chi connectivity index (χ1n) is 5.87. The molecule has 0 spiro atoms. The molecule has 6 heteroatoms. The first-order chi connectivity index (χ1) is 7.61. The summed E-state index contributed by atoms with van der Waals surface area (Å²) >= 11 is -0.0678. The van der Waals surface area contributed by atoms with Crippen LogP contribution in [0.4, 0.5) is 0 Å². The molecule has 0 rings (SSSR count). The van der Waals surface area contributed by atoms with Gasteiger partial charge in [-0.1, -0.05) is 0 Å². The summed E-state index contributed by atoms with van der Waals surface area (Å²) in [5.74, 6) is 0. The van der Waals surface area contributed by atoms with Crippen molar-refractivity contribution in [3.8, 4) is 0 Å². The predicted molar refractivity (Wildman–Crippen MR) is 69.2 cm³/mol. The fraction of sp³-hybridized carbons (Fsp3) is 1.00. The van der Waals surface area contributed by atoms with Crippen molar-refractivity contribution in [2.24, 2.45) is 0 Å². The van der Waals surface area contributed by atoms with E-state index in [1.54, 1.807) is 0 Å². The van der Waals surface area contributed by atoms with Crippen LogP contribution in [0.3, 0.4) is 0 Å². The third kappa shape index (κ3) is 7.05. The van der Waals surface area contributed by atoms with Gasteiger partial charge in [0.25, 0.3) is 0 Å². The number of hydrogen-bond donors (Lipinski definition) is 0. The molecule has 0 radical (unpaired) electrons. The molecule has 0 saturated heterocycles. The Morgan fingerprint density at radius 2 is 1.56 bits per heavy atom. The fourth-order valence-electron chi connectivity index (χ4n) is 1.25. The molecule has 98 valence electrons. The molecule has 0 bridgehead atoms. The van der Waals surface area contributed by atoms with Crippen LogP contribution in [0, 0.1) is 0 Å². The summed E-state index contributed by atoms with van der Waals surface area (Å²) in [6.07, 6.45) is -2.76. The van der Waals surface area contributed by atoms with Crippen LogP contribution in [0.1, 0.15) is 27.7 Å². The van der Waals surface area contributed by atoms with Crippen molar-refractivity contribution in [3.05, 3.63) is 0 Å². The van der Waals surface area contributed by atoms with E-state index in [1.807, 2.05) is 13.8 Å². The van der Waals surface area contributed by atoms with Crippen LogP contribution in [0.2, 0.25) is 5.32 Å². The summed E-state index contributed by atoms with van der Waals surface area (Å²) in [7, 11) is 0. The topological polar surface area (TPSA) is 38.8 Å². The zero-order chi connectivity index (χ0) is 12.4. The predicted octanol–water partition coefficient (Wildman–Crippen LogP) is 2.63. The van der Waals surface area contributed by atoms with Crippen LogP contribution in [-0.2, 0) is 13.6 Å². The van der Waals surface area contributed by atoms with Crippen LogP contribution in [-0.4, -0.2) is 52.3 Å². The molecule has 0 aliphatic heterocycles. The van der Waals surface area contributed by atoms with Crippen molar-refractivity contribution in [1.29, 1.82) is 0 Å². The van der Waals surface area contributed by atoms with E-state index in [-0.39, 0.29) is 14.5 Å². The van der Waals surface area contributed by atoms with E-state index >= 15 is 0 Å². The summed E-state index contributed by atoms with van der Waals surface area (Å²) < 4.78 is 22.7. The maximum atomic E-state index is 12.1. The van der Waals surface area contributed by atoms with Crippen molar-refractivity contribution in [1.82, 2.24) is 4.90 Å². The maximum absolute atomic E-state index is 12.1. The molecule has 0 aromatic rings. The minimum absolute atomic E-state index is 0.0678. The molecular formula is C10H24NO3PSe. The van der Waals surface area contributed by atoms with Crippen LogP contribution in [0.15, 0.2) is 0 Å². The van der Waals surface area contributed by atoms with E-state index in [0.29, 0.717) is 13.2 Å². The van der Waals surface area contributed by atoms with Gasteiger partial charge in [0.1, 0.15) is 0 Å². The van der Waals surface area contributed by atoms with Gasteiger partial charge in [-0.2, -0.15) is 0 Å². The molecule has 0 aliphatic rings. The molecule has 0 atom stereocenters. The first-order valence-corrected chi connectivity index (χ1v) is 10.8. The molecule has 0 amide bonds.